The summed E-state index contributed by atoms with van der Waals surface area (Å²) in [6.45, 7) is 5.51. The molecular weight excluding hydrogens is 323 g/mol. The molecular formula is C18H23FN4O2. The molecule has 1 fully saturated rings. The van der Waals surface area contributed by atoms with E-state index in [1.165, 1.54) is 6.07 Å². The van der Waals surface area contributed by atoms with E-state index in [-0.39, 0.29) is 17.8 Å². The van der Waals surface area contributed by atoms with Gasteiger partial charge < -0.3 is 15.2 Å². The number of carbonyl (C=O) groups excluding carboxylic acids is 1. The Bertz CT molecular complexity index is 740. The molecule has 0 spiro atoms. The molecule has 0 bridgehead atoms. The molecule has 1 saturated heterocycles. The van der Waals surface area contributed by atoms with Gasteiger partial charge in [-0.3, -0.25) is 4.79 Å². The smallest absolute Gasteiger partial charge is 0.249 e. The molecule has 2 aromatic rings. The van der Waals surface area contributed by atoms with Crippen LogP contribution in [0, 0.1) is 18.7 Å². The van der Waals surface area contributed by atoms with Gasteiger partial charge in [-0.25, -0.2) is 4.39 Å². The lowest BCUT2D eigenvalue weighted by molar-refractivity contribution is -0.122. The Kier molecular flexibility index (Phi) is 5.43. The highest BCUT2D eigenvalue weighted by Gasteiger charge is 2.20. The van der Waals surface area contributed by atoms with Gasteiger partial charge in [0.25, 0.3) is 0 Å². The molecule has 0 radical (unpaired) electrons. The molecule has 0 aliphatic carbocycles. The molecule has 1 aromatic carbocycles. The minimum atomic E-state index is -0.384. The van der Waals surface area contributed by atoms with Crippen molar-refractivity contribution in [3.63, 3.8) is 0 Å². The number of rotatable bonds is 6. The van der Waals surface area contributed by atoms with Crippen LogP contribution in [0.4, 0.5) is 4.39 Å². The second-order valence-electron chi connectivity index (χ2n) is 6.61. The highest BCUT2D eigenvalue weighted by Crippen LogP contribution is 2.21. The van der Waals surface area contributed by atoms with Gasteiger partial charge in [0.15, 0.2) is 0 Å². The van der Waals surface area contributed by atoms with Crippen molar-refractivity contribution in [3.05, 3.63) is 35.5 Å². The first-order valence-corrected chi connectivity index (χ1v) is 8.63. The SMILES string of the molecule is Cc1ccc(-c2noc(C(C)NC(=O)CCC3CCNC3)n2)cc1F. The molecule has 2 atom stereocenters. The summed E-state index contributed by atoms with van der Waals surface area (Å²) in [5, 5.41) is 10.1. The van der Waals surface area contributed by atoms with Crippen LogP contribution < -0.4 is 10.6 Å². The molecule has 2 heterocycles. The van der Waals surface area contributed by atoms with Crippen molar-refractivity contribution >= 4 is 5.91 Å². The van der Waals surface area contributed by atoms with Crippen LogP contribution in [0.5, 0.6) is 0 Å². The summed E-state index contributed by atoms with van der Waals surface area (Å²) < 4.78 is 18.9. The topological polar surface area (TPSA) is 80.0 Å². The quantitative estimate of drug-likeness (QED) is 0.841. The van der Waals surface area contributed by atoms with E-state index in [9.17, 15) is 9.18 Å². The summed E-state index contributed by atoms with van der Waals surface area (Å²) >= 11 is 0. The first-order valence-electron chi connectivity index (χ1n) is 8.63. The van der Waals surface area contributed by atoms with E-state index in [1.807, 2.05) is 0 Å². The van der Waals surface area contributed by atoms with Crippen molar-refractivity contribution in [1.29, 1.82) is 0 Å². The highest BCUT2D eigenvalue weighted by molar-refractivity contribution is 5.76. The molecule has 2 unspecified atom stereocenters. The molecule has 7 heteroatoms. The van der Waals surface area contributed by atoms with Crippen LogP contribution in [-0.4, -0.2) is 29.1 Å². The summed E-state index contributed by atoms with van der Waals surface area (Å²) in [7, 11) is 0. The van der Waals surface area contributed by atoms with Crippen LogP contribution in [0.2, 0.25) is 0 Å². The zero-order valence-electron chi connectivity index (χ0n) is 14.5. The Morgan fingerprint density at radius 3 is 3.08 bits per heavy atom. The van der Waals surface area contributed by atoms with E-state index in [0.717, 1.165) is 25.9 Å². The van der Waals surface area contributed by atoms with Gasteiger partial charge in [-0.15, -0.1) is 0 Å². The van der Waals surface area contributed by atoms with Crippen molar-refractivity contribution in [2.75, 3.05) is 13.1 Å². The van der Waals surface area contributed by atoms with Crippen molar-refractivity contribution in [1.82, 2.24) is 20.8 Å². The Balaban J connectivity index is 1.57. The molecule has 1 aliphatic rings. The average molecular weight is 346 g/mol. The van der Waals surface area contributed by atoms with Crippen molar-refractivity contribution in [2.45, 2.75) is 39.2 Å². The lowest BCUT2D eigenvalue weighted by Gasteiger charge is -2.11. The van der Waals surface area contributed by atoms with Gasteiger partial charge >= 0.3 is 0 Å². The van der Waals surface area contributed by atoms with Gasteiger partial charge in [0.05, 0.1) is 0 Å². The average Bonchev–Trinajstić information content (AvgIpc) is 3.27. The number of nitrogens with one attached hydrogen (secondary N) is 2. The van der Waals surface area contributed by atoms with E-state index in [4.69, 9.17) is 4.52 Å². The van der Waals surface area contributed by atoms with Gasteiger partial charge in [0, 0.05) is 12.0 Å². The number of aromatic nitrogens is 2. The monoisotopic (exact) mass is 346 g/mol. The number of hydrogen-bond acceptors (Lipinski definition) is 5. The zero-order valence-corrected chi connectivity index (χ0v) is 14.5. The van der Waals surface area contributed by atoms with E-state index in [1.54, 1.807) is 26.0 Å². The Labute approximate surface area is 146 Å². The normalized spacial score (nSPS) is 18.3. The van der Waals surface area contributed by atoms with Crippen LogP contribution in [0.3, 0.4) is 0 Å². The summed E-state index contributed by atoms with van der Waals surface area (Å²) in [5.74, 6) is 0.860. The van der Waals surface area contributed by atoms with Gasteiger partial charge in [-0.2, -0.15) is 4.98 Å². The molecule has 3 rings (SSSR count). The van der Waals surface area contributed by atoms with Gasteiger partial charge in [-0.05, 0) is 57.3 Å². The number of aryl methyl sites for hydroxylation is 1. The number of carbonyl (C=O) groups is 1. The Morgan fingerprint density at radius 1 is 1.52 bits per heavy atom. The molecule has 134 valence electrons. The van der Waals surface area contributed by atoms with Crippen molar-refractivity contribution in [3.8, 4) is 11.4 Å². The molecule has 6 nitrogen and oxygen atoms in total. The fraction of sp³-hybridized carbons (Fsp3) is 0.500. The number of benzene rings is 1. The Hall–Kier alpha value is -2.28. The number of nitrogens with zero attached hydrogens (tertiary/aromatic N) is 2. The maximum Gasteiger partial charge on any atom is 0.249 e. The largest absolute Gasteiger partial charge is 0.345 e. The third-order valence-electron chi connectivity index (χ3n) is 4.56. The lowest BCUT2D eigenvalue weighted by atomic mass is 10.0. The van der Waals surface area contributed by atoms with Crippen LogP contribution in [0.15, 0.2) is 22.7 Å². The third-order valence-corrected chi connectivity index (χ3v) is 4.56. The fourth-order valence-corrected chi connectivity index (χ4v) is 2.93. The predicted molar refractivity (Wildman–Crippen MR) is 91.2 cm³/mol. The minimum Gasteiger partial charge on any atom is -0.345 e. The van der Waals surface area contributed by atoms with E-state index in [0.29, 0.717) is 35.2 Å². The van der Waals surface area contributed by atoms with Gasteiger partial charge in [-0.1, -0.05) is 17.3 Å². The van der Waals surface area contributed by atoms with Crippen molar-refractivity contribution in [2.24, 2.45) is 5.92 Å². The fourth-order valence-electron chi connectivity index (χ4n) is 2.93. The summed E-state index contributed by atoms with van der Waals surface area (Å²) in [6.07, 6.45) is 2.49. The molecule has 0 saturated carbocycles. The summed E-state index contributed by atoms with van der Waals surface area (Å²) in [5.41, 5.74) is 1.11. The Morgan fingerprint density at radius 2 is 2.36 bits per heavy atom. The second-order valence-corrected chi connectivity index (χ2v) is 6.61. The molecule has 2 N–H and O–H groups in total. The predicted octanol–water partition coefficient (Wildman–Crippen LogP) is 2.75. The lowest BCUT2D eigenvalue weighted by Crippen LogP contribution is -2.27. The first-order chi connectivity index (χ1) is 12.0. The maximum absolute atomic E-state index is 13.7. The maximum atomic E-state index is 13.7. The standard InChI is InChI=1S/C18H23FN4O2/c1-11-3-5-14(9-15(11)19)17-22-18(25-23-17)12(2)21-16(24)6-4-13-7-8-20-10-13/h3,5,9,12-13,20H,4,6-8,10H2,1-2H3,(H,21,24). The number of halogens is 1. The number of amides is 1. The second kappa shape index (κ2) is 7.74. The molecule has 1 aromatic heterocycles. The summed E-state index contributed by atoms with van der Waals surface area (Å²) in [4.78, 5) is 16.3. The molecule has 25 heavy (non-hydrogen) atoms. The highest BCUT2D eigenvalue weighted by atomic mass is 19.1. The first kappa shape index (κ1) is 17.5. The van der Waals surface area contributed by atoms with Crippen LogP contribution in [0.1, 0.15) is 43.7 Å². The van der Waals surface area contributed by atoms with Gasteiger partial charge in [0.2, 0.25) is 17.6 Å². The number of hydrogen-bond donors (Lipinski definition) is 2. The zero-order chi connectivity index (χ0) is 17.8. The van der Waals surface area contributed by atoms with Crippen LogP contribution >= 0.6 is 0 Å². The van der Waals surface area contributed by atoms with Crippen LogP contribution in [-0.2, 0) is 4.79 Å². The van der Waals surface area contributed by atoms with E-state index in [2.05, 4.69) is 20.8 Å². The minimum absolute atomic E-state index is 0.0273. The van der Waals surface area contributed by atoms with E-state index >= 15 is 0 Å². The third kappa shape index (κ3) is 4.42. The van der Waals surface area contributed by atoms with Crippen LogP contribution in [0.25, 0.3) is 11.4 Å². The van der Waals surface area contributed by atoms with E-state index < -0.39 is 0 Å². The van der Waals surface area contributed by atoms with Gasteiger partial charge in [0.1, 0.15) is 11.9 Å². The van der Waals surface area contributed by atoms with Crippen molar-refractivity contribution < 1.29 is 13.7 Å². The summed E-state index contributed by atoms with van der Waals surface area (Å²) in [6, 6.07) is 4.41. The molecule has 1 aliphatic heterocycles. The molecule has 1 amide bonds.